The van der Waals surface area contributed by atoms with Crippen molar-refractivity contribution < 1.29 is 14.1 Å². The zero-order valence-electron chi connectivity index (χ0n) is 18.2. The molecule has 0 fully saturated rings. The third kappa shape index (κ3) is 4.45. The van der Waals surface area contributed by atoms with Gasteiger partial charge in [-0.05, 0) is 24.3 Å². The van der Waals surface area contributed by atoms with E-state index in [4.69, 9.17) is 0 Å². The van der Waals surface area contributed by atoms with Gasteiger partial charge >= 0.3 is 5.69 Å². The second-order valence-corrected chi connectivity index (χ2v) is 7.73. The Bertz CT molecular complexity index is 1570. The molecule has 35 heavy (non-hydrogen) atoms. The second-order valence-electron chi connectivity index (χ2n) is 7.73. The quantitative estimate of drug-likeness (QED) is 0.179. The lowest BCUT2D eigenvalue weighted by Gasteiger charge is -2.11. The van der Waals surface area contributed by atoms with Gasteiger partial charge in [-0.1, -0.05) is 66.7 Å². The van der Waals surface area contributed by atoms with Crippen molar-refractivity contribution in [3.8, 4) is 11.4 Å². The Labute approximate surface area is 199 Å². The standard InChI is InChI=1S/C27H17FN4O3/c28-22-15-14-20(16-24(22)32(34)35)29-27-21-8-4-5-9-23(21)30-26(31-27)19-12-10-18(11-13-19)25(33)17-6-2-1-3-7-17/h1-16H,(H,29,30,31). The summed E-state index contributed by atoms with van der Waals surface area (Å²) in [5.74, 6) is -0.187. The maximum absolute atomic E-state index is 13.8. The monoisotopic (exact) mass is 464 g/mol. The third-order valence-electron chi connectivity index (χ3n) is 5.45. The van der Waals surface area contributed by atoms with Crippen LogP contribution in [0, 0.1) is 15.9 Å². The van der Waals surface area contributed by atoms with E-state index < -0.39 is 16.4 Å². The van der Waals surface area contributed by atoms with Crippen molar-refractivity contribution in [1.82, 2.24) is 9.97 Å². The Morgan fingerprint density at radius 3 is 2.26 bits per heavy atom. The van der Waals surface area contributed by atoms with E-state index in [0.717, 1.165) is 12.1 Å². The Kier molecular flexibility index (Phi) is 5.68. The molecule has 0 saturated heterocycles. The Morgan fingerprint density at radius 2 is 1.51 bits per heavy atom. The number of carbonyl (C=O) groups excluding carboxylic acids is 1. The second kappa shape index (κ2) is 9.11. The van der Waals surface area contributed by atoms with Gasteiger partial charge in [-0.25, -0.2) is 9.97 Å². The van der Waals surface area contributed by atoms with Crippen LogP contribution in [0.4, 0.5) is 21.6 Å². The lowest BCUT2D eigenvalue weighted by molar-refractivity contribution is -0.387. The Balaban J connectivity index is 1.52. The number of aromatic nitrogens is 2. The minimum absolute atomic E-state index is 0.0863. The SMILES string of the molecule is O=C(c1ccccc1)c1ccc(-c2nc(Nc3ccc(F)c([N+](=O)[O-])c3)c3ccccc3n2)cc1. The van der Waals surface area contributed by atoms with Gasteiger partial charge in [-0.2, -0.15) is 4.39 Å². The molecule has 4 aromatic carbocycles. The summed E-state index contributed by atoms with van der Waals surface area (Å²) in [5.41, 5.74) is 2.17. The minimum Gasteiger partial charge on any atom is -0.339 e. The molecule has 1 N–H and O–H groups in total. The van der Waals surface area contributed by atoms with E-state index in [-0.39, 0.29) is 5.78 Å². The number of benzene rings is 4. The van der Waals surface area contributed by atoms with E-state index in [9.17, 15) is 19.3 Å². The molecular weight excluding hydrogens is 447 g/mol. The van der Waals surface area contributed by atoms with Gasteiger partial charge in [-0.15, -0.1) is 0 Å². The lowest BCUT2D eigenvalue weighted by Crippen LogP contribution is -2.02. The molecular formula is C27H17FN4O3. The summed E-state index contributed by atoms with van der Waals surface area (Å²) in [6, 6.07) is 26.9. The van der Waals surface area contributed by atoms with Crippen molar-refractivity contribution in [3.63, 3.8) is 0 Å². The van der Waals surface area contributed by atoms with Crippen LogP contribution in [0.1, 0.15) is 15.9 Å². The molecule has 0 radical (unpaired) electrons. The maximum atomic E-state index is 13.8. The lowest BCUT2D eigenvalue weighted by atomic mass is 10.0. The smallest absolute Gasteiger partial charge is 0.306 e. The van der Waals surface area contributed by atoms with Gasteiger partial charge in [-0.3, -0.25) is 14.9 Å². The number of nitrogens with zero attached hydrogens (tertiary/aromatic N) is 3. The molecule has 0 bridgehead atoms. The predicted octanol–water partition coefficient (Wildman–Crippen LogP) is 6.32. The van der Waals surface area contributed by atoms with Crippen LogP contribution in [-0.2, 0) is 0 Å². The molecule has 8 heteroatoms. The number of para-hydroxylation sites is 1. The average Bonchev–Trinajstić information content (AvgIpc) is 2.89. The maximum Gasteiger partial charge on any atom is 0.306 e. The van der Waals surface area contributed by atoms with Crippen molar-refractivity contribution in [2.45, 2.75) is 0 Å². The van der Waals surface area contributed by atoms with Crippen LogP contribution < -0.4 is 5.32 Å². The molecule has 0 aliphatic rings. The molecule has 0 amide bonds. The number of hydrogen-bond acceptors (Lipinski definition) is 6. The first-order valence-corrected chi connectivity index (χ1v) is 10.7. The van der Waals surface area contributed by atoms with Crippen molar-refractivity contribution in [2.75, 3.05) is 5.32 Å². The zero-order valence-corrected chi connectivity index (χ0v) is 18.2. The predicted molar refractivity (Wildman–Crippen MR) is 131 cm³/mol. The zero-order chi connectivity index (χ0) is 24.4. The number of nitro groups is 1. The summed E-state index contributed by atoms with van der Waals surface area (Å²) < 4.78 is 13.8. The largest absolute Gasteiger partial charge is 0.339 e. The Morgan fingerprint density at radius 1 is 0.829 bits per heavy atom. The highest BCUT2D eigenvalue weighted by molar-refractivity contribution is 6.09. The summed E-state index contributed by atoms with van der Waals surface area (Å²) in [5, 5.41) is 14.9. The van der Waals surface area contributed by atoms with Crippen LogP contribution >= 0.6 is 0 Å². The van der Waals surface area contributed by atoms with E-state index in [0.29, 0.717) is 44.9 Å². The number of halogens is 1. The Hall–Kier alpha value is -4.98. The summed E-state index contributed by atoms with van der Waals surface area (Å²) in [6.07, 6.45) is 0. The minimum atomic E-state index is -0.918. The van der Waals surface area contributed by atoms with E-state index in [1.807, 2.05) is 42.5 Å². The first-order chi connectivity index (χ1) is 17.0. The van der Waals surface area contributed by atoms with Crippen LogP contribution in [0.3, 0.4) is 0 Å². The van der Waals surface area contributed by atoms with Crippen molar-refractivity contribution in [2.24, 2.45) is 0 Å². The highest BCUT2D eigenvalue weighted by atomic mass is 19.1. The average molecular weight is 464 g/mol. The number of nitrogens with one attached hydrogen (secondary N) is 1. The molecule has 1 heterocycles. The first-order valence-electron chi connectivity index (χ1n) is 10.7. The van der Waals surface area contributed by atoms with Crippen molar-refractivity contribution in [3.05, 3.63) is 124 Å². The van der Waals surface area contributed by atoms with Crippen LogP contribution in [0.5, 0.6) is 0 Å². The topological polar surface area (TPSA) is 98.0 Å². The van der Waals surface area contributed by atoms with Gasteiger partial charge in [0.15, 0.2) is 11.6 Å². The molecule has 7 nitrogen and oxygen atoms in total. The molecule has 0 aliphatic heterocycles. The summed E-state index contributed by atoms with van der Waals surface area (Å²) >= 11 is 0. The molecule has 5 rings (SSSR count). The number of anilines is 2. The van der Waals surface area contributed by atoms with Crippen LogP contribution in [-0.4, -0.2) is 20.7 Å². The normalized spacial score (nSPS) is 10.8. The summed E-state index contributed by atoms with van der Waals surface area (Å²) in [6.45, 7) is 0. The number of hydrogen-bond donors (Lipinski definition) is 1. The van der Waals surface area contributed by atoms with E-state index in [1.165, 1.54) is 6.07 Å². The van der Waals surface area contributed by atoms with Gasteiger partial charge in [0.2, 0.25) is 5.82 Å². The molecule has 0 saturated carbocycles. The number of ketones is 1. The van der Waals surface area contributed by atoms with E-state index in [1.54, 1.807) is 36.4 Å². The van der Waals surface area contributed by atoms with Gasteiger partial charge in [0.1, 0.15) is 5.82 Å². The number of rotatable bonds is 6. The van der Waals surface area contributed by atoms with Crippen molar-refractivity contribution >= 4 is 33.9 Å². The fourth-order valence-electron chi connectivity index (χ4n) is 3.69. The number of nitro benzene ring substituents is 1. The fourth-order valence-corrected chi connectivity index (χ4v) is 3.69. The van der Waals surface area contributed by atoms with Gasteiger partial charge in [0, 0.05) is 33.8 Å². The van der Waals surface area contributed by atoms with Gasteiger partial charge in [0.05, 0.1) is 10.4 Å². The van der Waals surface area contributed by atoms with Crippen LogP contribution in [0.2, 0.25) is 0 Å². The van der Waals surface area contributed by atoms with E-state index >= 15 is 0 Å². The van der Waals surface area contributed by atoms with Crippen LogP contribution in [0.25, 0.3) is 22.3 Å². The molecule has 5 aromatic rings. The van der Waals surface area contributed by atoms with Crippen molar-refractivity contribution in [1.29, 1.82) is 0 Å². The molecule has 0 unspecified atom stereocenters. The summed E-state index contributed by atoms with van der Waals surface area (Å²) in [7, 11) is 0. The number of carbonyl (C=O) groups is 1. The van der Waals surface area contributed by atoms with Gasteiger partial charge < -0.3 is 5.32 Å². The highest BCUT2D eigenvalue weighted by Crippen LogP contribution is 2.29. The molecule has 0 atom stereocenters. The number of fused-ring (bicyclic) bond motifs is 1. The fraction of sp³-hybridized carbons (Fsp3) is 0. The molecule has 0 aliphatic carbocycles. The van der Waals surface area contributed by atoms with E-state index in [2.05, 4.69) is 15.3 Å². The van der Waals surface area contributed by atoms with Crippen LogP contribution in [0.15, 0.2) is 97.1 Å². The van der Waals surface area contributed by atoms with Gasteiger partial charge in [0.25, 0.3) is 0 Å². The molecule has 1 aromatic heterocycles. The third-order valence-corrected chi connectivity index (χ3v) is 5.45. The molecule has 0 spiro atoms. The first kappa shape index (κ1) is 21.8. The molecule has 170 valence electrons. The summed E-state index contributed by atoms with van der Waals surface area (Å²) in [4.78, 5) is 32.3. The highest BCUT2D eigenvalue weighted by Gasteiger charge is 2.16.